The van der Waals surface area contributed by atoms with Gasteiger partial charge < -0.3 is 15.4 Å². The summed E-state index contributed by atoms with van der Waals surface area (Å²) in [4.78, 5) is 2.58. The van der Waals surface area contributed by atoms with Gasteiger partial charge in [-0.15, -0.1) is 0 Å². The second-order valence-electron chi connectivity index (χ2n) is 10.7. The number of nitrogens with zero attached hydrogens (tertiary/aromatic N) is 1. The van der Waals surface area contributed by atoms with Crippen molar-refractivity contribution in [3.05, 3.63) is 101 Å². The molecule has 0 aromatic heterocycles. The van der Waals surface area contributed by atoms with Crippen LogP contribution in [0.15, 0.2) is 78.9 Å². The van der Waals surface area contributed by atoms with Gasteiger partial charge in [0, 0.05) is 12.1 Å². The van der Waals surface area contributed by atoms with Crippen LogP contribution >= 0.6 is 0 Å². The first-order chi connectivity index (χ1) is 16.9. The molecule has 3 nitrogen and oxygen atoms in total. The number of methoxy groups -OCH3 is 1. The molecule has 35 heavy (non-hydrogen) atoms. The first-order valence-electron chi connectivity index (χ1n) is 13.1. The van der Waals surface area contributed by atoms with Crippen LogP contribution in [-0.2, 0) is 18.4 Å². The zero-order valence-electron chi connectivity index (χ0n) is 22.2. The highest BCUT2D eigenvalue weighted by Crippen LogP contribution is 2.28. The molecule has 3 heterocycles. The minimum Gasteiger partial charge on any atom is -0.496 e. The third-order valence-electron chi connectivity index (χ3n) is 7.02. The Morgan fingerprint density at radius 3 is 1.66 bits per heavy atom. The van der Waals surface area contributed by atoms with E-state index in [1.165, 1.54) is 55.6 Å². The van der Waals surface area contributed by atoms with Crippen molar-refractivity contribution in [3.63, 3.8) is 0 Å². The molecule has 0 spiro atoms. The topological polar surface area (TPSA) is 38.5 Å². The van der Waals surface area contributed by atoms with Crippen LogP contribution in [0.5, 0.6) is 5.75 Å². The van der Waals surface area contributed by atoms with Crippen LogP contribution in [0.1, 0.15) is 62.3 Å². The van der Waals surface area contributed by atoms with Crippen LogP contribution in [0.25, 0.3) is 0 Å². The normalized spacial score (nSPS) is 18.5. The number of fused-ring (bicyclic) bond motifs is 3. The maximum Gasteiger partial charge on any atom is 0.123 e. The van der Waals surface area contributed by atoms with Gasteiger partial charge in [0.05, 0.1) is 7.11 Å². The van der Waals surface area contributed by atoms with Crippen molar-refractivity contribution < 1.29 is 4.74 Å². The van der Waals surface area contributed by atoms with Crippen molar-refractivity contribution in [3.8, 4) is 5.75 Å². The standard InChI is InChI=1S/C13H12.C12H19NO.C7H13N/c1-3-7-12(8-4-1)11-13-9-5-2-6-10-13;1-12(2,3)10-5-6-11(14-4)9(7-10)8-13;1-4-8-5-2-7(1)3-6-8/h1-10H,11H2;5-7H,8,13H2,1-4H3;7H,1-6H2. The van der Waals surface area contributed by atoms with Crippen LogP contribution in [-0.4, -0.2) is 31.6 Å². The molecule has 0 unspecified atom stereocenters. The molecule has 3 aromatic carbocycles. The molecule has 3 heteroatoms. The lowest BCUT2D eigenvalue weighted by atomic mass is 9.86. The summed E-state index contributed by atoms with van der Waals surface area (Å²) in [6.07, 6.45) is 5.49. The van der Waals surface area contributed by atoms with Gasteiger partial charge >= 0.3 is 0 Å². The number of piperidine rings is 3. The Bertz CT molecular complexity index is 927. The van der Waals surface area contributed by atoms with Gasteiger partial charge in [-0.05, 0) is 79.4 Å². The fourth-order valence-corrected chi connectivity index (χ4v) is 4.70. The highest BCUT2D eigenvalue weighted by Gasteiger charge is 2.24. The molecule has 3 fully saturated rings. The second-order valence-corrected chi connectivity index (χ2v) is 10.7. The van der Waals surface area contributed by atoms with E-state index in [9.17, 15) is 0 Å². The molecule has 3 aromatic rings. The van der Waals surface area contributed by atoms with E-state index in [4.69, 9.17) is 10.5 Å². The van der Waals surface area contributed by atoms with Crippen LogP contribution in [0, 0.1) is 5.92 Å². The Hall–Kier alpha value is -2.62. The summed E-state index contributed by atoms with van der Waals surface area (Å²) in [6.45, 7) is 11.3. The predicted octanol–water partition coefficient (Wildman–Crippen LogP) is 6.83. The predicted molar refractivity (Wildman–Crippen MR) is 149 cm³/mol. The van der Waals surface area contributed by atoms with Crippen molar-refractivity contribution in [2.45, 2.75) is 58.4 Å². The quantitative estimate of drug-likeness (QED) is 0.452. The number of rotatable bonds is 4. The SMILES string of the molecule is C1CN2CCC1CC2.COc1ccc(C(C)(C)C)cc1CN.c1ccc(Cc2ccccc2)cc1. The van der Waals surface area contributed by atoms with Crippen LogP contribution in [0.3, 0.4) is 0 Å². The molecular weight excluding hydrogens is 428 g/mol. The van der Waals surface area contributed by atoms with Gasteiger partial charge in [0.15, 0.2) is 0 Å². The van der Waals surface area contributed by atoms with Gasteiger partial charge in [-0.2, -0.15) is 0 Å². The maximum absolute atomic E-state index is 5.66. The van der Waals surface area contributed by atoms with Crippen molar-refractivity contribution in [1.29, 1.82) is 0 Å². The molecule has 0 atom stereocenters. The summed E-state index contributed by atoms with van der Waals surface area (Å²) in [5.41, 5.74) is 10.9. The maximum atomic E-state index is 5.66. The first-order valence-corrected chi connectivity index (χ1v) is 13.1. The second kappa shape index (κ2) is 13.5. The zero-order valence-corrected chi connectivity index (χ0v) is 22.2. The smallest absolute Gasteiger partial charge is 0.123 e. The number of hydrogen-bond acceptors (Lipinski definition) is 3. The highest BCUT2D eigenvalue weighted by atomic mass is 16.5. The summed E-state index contributed by atoms with van der Waals surface area (Å²) < 4.78 is 5.22. The van der Waals surface area contributed by atoms with Crippen molar-refractivity contribution in [2.24, 2.45) is 11.7 Å². The third-order valence-corrected chi connectivity index (χ3v) is 7.02. The molecular formula is C32H44N2O. The van der Waals surface area contributed by atoms with Gasteiger partial charge in [0.25, 0.3) is 0 Å². The minimum absolute atomic E-state index is 0.163. The average molecular weight is 473 g/mol. The van der Waals surface area contributed by atoms with Gasteiger partial charge in [-0.3, -0.25) is 0 Å². The Labute approximate surface area is 213 Å². The lowest BCUT2D eigenvalue weighted by Crippen LogP contribution is -2.41. The fraction of sp³-hybridized carbons (Fsp3) is 0.438. The van der Waals surface area contributed by atoms with E-state index >= 15 is 0 Å². The Balaban J connectivity index is 0.000000151. The van der Waals surface area contributed by atoms with Gasteiger partial charge in [0.1, 0.15) is 5.75 Å². The Morgan fingerprint density at radius 1 is 0.800 bits per heavy atom. The average Bonchev–Trinajstić information content (AvgIpc) is 2.91. The van der Waals surface area contributed by atoms with Crippen molar-refractivity contribution >= 4 is 0 Å². The first kappa shape index (κ1) is 27.0. The van der Waals surface area contributed by atoms with Crippen molar-refractivity contribution in [1.82, 2.24) is 4.90 Å². The number of benzene rings is 3. The summed E-state index contributed by atoms with van der Waals surface area (Å²) in [7, 11) is 1.67. The monoisotopic (exact) mass is 472 g/mol. The molecule has 0 aliphatic carbocycles. The molecule has 6 rings (SSSR count). The lowest BCUT2D eigenvalue weighted by molar-refractivity contribution is 0.111. The molecule has 2 bridgehead atoms. The minimum atomic E-state index is 0.163. The number of hydrogen-bond donors (Lipinski definition) is 1. The summed E-state index contributed by atoms with van der Waals surface area (Å²) in [5.74, 6) is 1.99. The molecule has 3 saturated heterocycles. The Morgan fingerprint density at radius 2 is 1.31 bits per heavy atom. The molecule has 188 valence electrons. The van der Waals surface area contributed by atoms with E-state index in [1.807, 2.05) is 6.07 Å². The van der Waals surface area contributed by atoms with Gasteiger partial charge in [-0.1, -0.05) is 93.6 Å². The van der Waals surface area contributed by atoms with E-state index in [0.717, 1.165) is 23.7 Å². The number of nitrogens with two attached hydrogens (primary N) is 1. The highest BCUT2D eigenvalue weighted by molar-refractivity contribution is 5.39. The molecule has 3 aliphatic rings. The molecule has 2 N–H and O–H groups in total. The zero-order chi connectivity index (χ0) is 25.1. The Kier molecular flexibility index (Phi) is 10.4. The summed E-state index contributed by atoms with van der Waals surface area (Å²) in [6, 6.07) is 27.3. The van der Waals surface area contributed by atoms with Gasteiger partial charge in [0.2, 0.25) is 0 Å². The number of ether oxygens (including phenoxy) is 1. The van der Waals surface area contributed by atoms with Gasteiger partial charge in [-0.25, -0.2) is 0 Å². The third kappa shape index (κ3) is 8.83. The largest absolute Gasteiger partial charge is 0.496 e. The molecule has 3 aliphatic heterocycles. The molecule has 0 radical (unpaired) electrons. The van der Waals surface area contributed by atoms with Crippen LogP contribution < -0.4 is 10.5 Å². The van der Waals surface area contributed by atoms with E-state index in [0.29, 0.717) is 6.54 Å². The van der Waals surface area contributed by atoms with Crippen molar-refractivity contribution in [2.75, 3.05) is 26.7 Å². The van der Waals surface area contributed by atoms with E-state index in [2.05, 4.69) is 98.5 Å². The van der Waals surface area contributed by atoms with E-state index in [-0.39, 0.29) is 5.41 Å². The summed E-state index contributed by atoms with van der Waals surface area (Å²) >= 11 is 0. The molecule has 0 saturated carbocycles. The van der Waals surface area contributed by atoms with Crippen LogP contribution in [0.4, 0.5) is 0 Å². The van der Waals surface area contributed by atoms with Crippen LogP contribution in [0.2, 0.25) is 0 Å². The fourth-order valence-electron chi connectivity index (χ4n) is 4.70. The molecule has 0 amide bonds. The van der Waals surface area contributed by atoms with E-state index < -0.39 is 0 Å². The van der Waals surface area contributed by atoms with E-state index in [1.54, 1.807) is 7.11 Å². The lowest BCUT2D eigenvalue weighted by Gasteiger charge is -2.38. The summed E-state index contributed by atoms with van der Waals surface area (Å²) in [5, 5.41) is 0.